The standard InChI is InChI=1S/C22H33N3O2/c1-16-13-24(14-17(2)27-16)15-18-3-5-19(6-4-18)22(26)25-9-7-20-11-23-12-21(20)8-10-25/h3-6,16-17,20-21,23H,7-15H2,1-2H3/t16?,17?,20-,21+. The van der Waals surface area contributed by atoms with Gasteiger partial charge in [0.05, 0.1) is 12.2 Å². The van der Waals surface area contributed by atoms with E-state index in [9.17, 15) is 4.79 Å². The van der Waals surface area contributed by atoms with Gasteiger partial charge in [0.25, 0.3) is 5.91 Å². The molecule has 0 bridgehead atoms. The third-order valence-electron chi connectivity index (χ3n) is 6.41. The molecule has 1 aromatic carbocycles. The first kappa shape index (κ1) is 18.9. The monoisotopic (exact) mass is 371 g/mol. The van der Waals surface area contributed by atoms with Crippen LogP contribution in [0.1, 0.15) is 42.6 Å². The second-order valence-electron chi connectivity index (χ2n) is 8.70. The molecule has 5 nitrogen and oxygen atoms in total. The van der Waals surface area contributed by atoms with Gasteiger partial charge in [0, 0.05) is 38.3 Å². The molecule has 1 N–H and O–H groups in total. The Kier molecular flexibility index (Phi) is 5.81. The lowest BCUT2D eigenvalue weighted by molar-refractivity contribution is -0.0704. The van der Waals surface area contributed by atoms with Crippen LogP contribution in [0.4, 0.5) is 0 Å². The molecule has 2 unspecified atom stereocenters. The van der Waals surface area contributed by atoms with E-state index in [0.29, 0.717) is 0 Å². The van der Waals surface area contributed by atoms with Crippen LogP contribution in [-0.4, -0.2) is 67.2 Å². The van der Waals surface area contributed by atoms with Gasteiger partial charge in [-0.2, -0.15) is 0 Å². The van der Waals surface area contributed by atoms with Crippen molar-refractivity contribution in [2.24, 2.45) is 11.8 Å². The molecule has 3 aliphatic rings. The summed E-state index contributed by atoms with van der Waals surface area (Å²) in [6, 6.07) is 8.26. The van der Waals surface area contributed by atoms with Crippen molar-refractivity contribution in [1.82, 2.24) is 15.1 Å². The van der Waals surface area contributed by atoms with E-state index in [1.165, 1.54) is 5.56 Å². The number of ether oxygens (including phenoxy) is 1. The average Bonchev–Trinajstić information content (AvgIpc) is 2.99. The number of amides is 1. The molecule has 0 saturated carbocycles. The quantitative estimate of drug-likeness (QED) is 0.886. The molecule has 5 heteroatoms. The van der Waals surface area contributed by atoms with Crippen LogP contribution < -0.4 is 5.32 Å². The highest BCUT2D eigenvalue weighted by Crippen LogP contribution is 2.27. The predicted molar refractivity (Wildman–Crippen MR) is 107 cm³/mol. The predicted octanol–water partition coefficient (Wildman–Crippen LogP) is 2.37. The molecule has 3 fully saturated rings. The first-order valence-corrected chi connectivity index (χ1v) is 10.5. The van der Waals surface area contributed by atoms with Gasteiger partial charge in [-0.1, -0.05) is 12.1 Å². The summed E-state index contributed by atoms with van der Waals surface area (Å²) in [6.45, 7) is 11.2. The van der Waals surface area contributed by atoms with Crippen molar-refractivity contribution in [3.05, 3.63) is 35.4 Å². The topological polar surface area (TPSA) is 44.8 Å². The van der Waals surface area contributed by atoms with Gasteiger partial charge in [0.2, 0.25) is 0 Å². The number of hydrogen-bond donors (Lipinski definition) is 1. The molecule has 0 aromatic heterocycles. The van der Waals surface area contributed by atoms with Gasteiger partial charge >= 0.3 is 0 Å². The number of carbonyl (C=O) groups is 1. The summed E-state index contributed by atoms with van der Waals surface area (Å²) in [5.41, 5.74) is 2.09. The number of rotatable bonds is 3. The molecule has 0 radical (unpaired) electrons. The summed E-state index contributed by atoms with van der Waals surface area (Å²) in [5.74, 6) is 1.70. The minimum absolute atomic E-state index is 0.197. The third kappa shape index (κ3) is 4.53. The molecule has 4 atom stereocenters. The van der Waals surface area contributed by atoms with E-state index in [0.717, 1.165) is 76.1 Å². The SMILES string of the molecule is CC1CN(Cc2ccc(C(=O)N3CC[C@@H]4CNC[C@@H]4CC3)cc2)CC(C)O1. The zero-order chi connectivity index (χ0) is 18.8. The lowest BCUT2D eigenvalue weighted by atomic mass is 9.92. The van der Waals surface area contributed by atoms with Gasteiger partial charge in [-0.05, 0) is 69.3 Å². The molecule has 27 heavy (non-hydrogen) atoms. The second kappa shape index (κ2) is 8.29. The van der Waals surface area contributed by atoms with E-state index in [2.05, 4.69) is 41.1 Å². The summed E-state index contributed by atoms with van der Waals surface area (Å²) in [7, 11) is 0. The molecule has 4 rings (SSSR count). The number of benzene rings is 1. The zero-order valence-corrected chi connectivity index (χ0v) is 16.7. The Labute approximate surface area is 163 Å². The van der Waals surface area contributed by atoms with Gasteiger partial charge in [0.1, 0.15) is 0 Å². The summed E-state index contributed by atoms with van der Waals surface area (Å²) in [4.78, 5) is 17.5. The lowest BCUT2D eigenvalue weighted by Crippen LogP contribution is -2.44. The minimum atomic E-state index is 0.197. The van der Waals surface area contributed by atoms with Crippen molar-refractivity contribution in [2.75, 3.05) is 39.3 Å². The van der Waals surface area contributed by atoms with E-state index in [1.807, 2.05) is 12.1 Å². The molecular formula is C22H33N3O2. The van der Waals surface area contributed by atoms with Crippen molar-refractivity contribution in [1.29, 1.82) is 0 Å². The Hall–Kier alpha value is -1.43. The number of nitrogens with zero attached hydrogens (tertiary/aromatic N) is 2. The zero-order valence-electron chi connectivity index (χ0n) is 16.7. The fourth-order valence-electron chi connectivity index (χ4n) is 5.03. The van der Waals surface area contributed by atoms with E-state index in [-0.39, 0.29) is 18.1 Å². The lowest BCUT2D eigenvalue weighted by Gasteiger charge is -2.35. The van der Waals surface area contributed by atoms with E-state index in [4.69, 9.17) is 4.74 Å². The highest BCUT2D eigenvalue weighted by molar-refractivity contribution is 5.94. The molecule has 148 valence electrons. The van der Waals surface area contributed by atoms with Gasteiger partial charge < -0.3 is 15.0 Å². The Morgan fingerprint density at radius 2 is 1.63 bits per heavy atom. The molecule has 3 heterocycles. The van der Waals surface area contributed by atoms with Gasteiger partial charge in [0.15, 0.2) is 0 Å². The van der Waals surface area contributed by atoms with Crippen LogP contribution in [0.2, 0.25) is 0 Å². The Morgan fingerprint density at radius 3 is 2.22 bits per heavy atom. The number of morpholine rings is 1. The minimum Gasteiger partial charge on any atom is -0.373 e. The molecule has 1 amide bonds. The number of fused-ring (bicyclic) bond motifs is 1. The number of nitrogens with one attached hydrogen (secondary N) is 1. The van der Waals surface area contributed by atoms with Crippen LogP contribution in [0.25, 0.3) is 0 Å². The maximum Gasteiger partial charge on any atom is 0.253 e. The Bertz CT molecular complexity index is 623. The third-order valence-corrected chi connectivity index (χ3v) is 6.41. The summed E-state index contributed by atoms with van der Waals surface area (Å²) < 4.78 is 5.81. The number of carbonyl (C=O) groups excluding carboxylic acids is 1. The van der Waals surface area contributed by atoms with Crippen molar-refractivity contribution in [3.63, 3.8) is 0 Å². The maximum absolute atomic E-state index is 12.9. The number of hydrogen-bond acceptors (Lipinski definition) is 4. The van der Waals surface area contributed by atoms with Crippen LogP contribution in [0, 0.1) is 11.8 Å². The van der Waals surface area contributed by atoms with Crippen LogP contribution >= 0.6 is 0 Å². The highest BCUT2D eigenvalue weighted by atomic mass is 16.5. The van der Waals surface area contributed by atoms with E-state index < -0.39 is 0 Å². The van der Waals surface area contributed by atoms with Gasteiger partial charge in [-0.25, -0.2) is 0 Å². The average molecular weight is 372 g/mol. The second-order valence-corrected chi connectivity index (χ2v) is 8.70. The van der Waals surface area contributed by atoms with Crippen molar-refractivity contribution in [2.45, 2.75) is 45.4 Å². The molecule has 3 saturated heterocycles. The fourth-order valence-corrected chi connectivity index (χ4v) is 5.03. The Morgan fingerprint density at radius 1 is 1.04 bits per heavy atom. The molecule has 3 aliphatic heterocycles. The number of likely N-dealkylation sites (tertiary alicyclic amines) is 1. The fraction of sp³-hybridized carbons (Fsp3) is 0.682. The van der Waals surface area contributed by atoms with Crippen LogP contribution in [0.3, 0.4) is 0 Å². The maximum atomic E-state index is 12.9. The van der Waals surface area contributed by atoms with Crippen LogP contribution in [0.5, 0.6) is 0 Å². The first-order chi connectivity index (χ1) is 13.1. The normalized spacial score (nSPS) is 32.1. The van der Waals surface area contributed by atoms with Crippen LogP contribution in [-0.2, 0) is 11.3 Å². The first-order valence-electron chi connectivity index (χ1n) is 10.5. The molecule has 0 spiro atoms. The van der Waals surface area contributed by atoms with E-state index in [1.54, 1.807) is 0 Å². The smallest absolute Gasteiger partial charge is 0.253 e. The summed E-state index contributed by atoms with van der Waals surface area (Å²) >= 11 is 0. The largest absolute Gasteiger partial charge is 0.373 e. The van der Waals surface area contributed by atoms with Crippen molar-refractivity contribution >= 4 is 5.91 Å². The van der Waals surface area contributed by atoms with E-state index >= 15 is 0 Å². The highest BCUT2D eigenvalue weighted by Gasteiger charge is 2.31. The van der Waals surface area contributed by atoms with Crippen LogP contribution in [0.15, 0.2) is 24.3 Å². The summed E-state index contributed by atoms with van der Waals surface area (Å²) in [5, 5.41) is 3.50. The molecule has 1 aromatic rings. The van der Waals surface area contributed by atoms with Crippen molar-refractivity contribution in [3.8, 4) is 0 Å². The van der Waals surface area contributed by atoms with Crippen molar-refractivity contribution < 1.29 is 9.53 Å². The Balaban J connectivity index is 1.35. The molecule has 0 aliphatic carbocycles. The van der Waals surface area contributed by atoms with Gasteiger partial charge in [-0.15, -0.1) is 0 Å². The molecular weight excluding hydrogens is 338 g/mol. The summed E-state index contributed by atoms with van der Waals surface area (Å²) in [6.07, 6.45) is 2.84. The van der Waals surface area contributed by atoms with Gasteiger partial charge in [-0.3, -0.25) is 9.69 Å².